The number of rotatable bonds is 4. The van der Waals surface area contributed by atoms with Gasteiger partial charge in [0, 0.05) is 11.0 Å². The van der Waals surface area contributed by atoms with Crippen LogP contribution < -0.4 is 4.74 Å². The molecule has 5 heteroatoms. The number of halogens is 3. The van der Waals surface area contributed by atoms with E-state index in [0.29, 0.717) is 12.4 Å². The van der Waals surface area contributed by atoms with Crippen LogP contribution in [0, 0.1) is 0 Å². The first-order valence-electron chi connectivity index (χ1n) is 4.65. The zero-order valence-corrected chi connectivity index (χ0v) is 9.44. The third-order valence-corrected chi connectivity index (χ3v) is 2.41. The van der Waals surface area contributed by atoms with Gasteiger partial charge in [-0.15, -0.1) is 0 Å². The van der Waals surface area contributed by atoms with Crippen molar-refractivity contribution in [3.63, 3.8) is 0 Å². The largest absolute Gasteiger partial charge is 0.494 e. The summed E-state index contributed by atoms with van der Waals surface area (Å²) in [6.07, 6.45) is -4.04. The molecule has 1 nitrogen and oxygen atoms in total. The Morgan fingerprint density at radius 1 is 1.25 bits per heavy atom. The van der Waals surface area contributed by atoms with Gasteiger partial charge in [0.1, 0.15) is 5.75 Å². The third-order valence-electron chi connectivity index (χ3n) is 1.60. The van der Waals surface area contributed by atoms with E-state index in [9.17, 15) is 13.2 Å². The Balaban J connectivity index is 2.52. The van der Waals surface area contributed by atoms with Gasteiger partial charge in [-0.2, -0.15) is 13.2 Å². The van der Waals surface area contributed by atoms with E-state index in [1.165, 1.54) is 0 Å². The Morgan fingerprint density at radius 2 is 1.88 bits per heavy atom. The van der Waals surface area contributed by atoms with Crippen molar-refractivity contribution in [1.29, 1.82) is 0 Å². The van der Waals surface area contributed by atoms with Gasteiger partial charge in [0.05, 0.1) is 6.61 Å². The molecule has 0 aliphatic heterocycles. The average molecular weight is 248 g/mol. The molecule has 0 aromatic heterocycles. The number of hydrogen-bond donors (Lipinski definition) is 0. The van der Waals surface area contributed by atoms with Crippen LogP contribution in [-0.4, -0.2) is 12.8 Å². The van der Waals surface area contributed by atoms with E-state index in [2.05, 4.69) is 0 Å². The van der Waals surface area contributed by atoms with Gasteiger partial charge in [0.2, 0.25) is 0 Å². The van der Waals surface area contributed by atoms with Gasteiger partial charge in [-0.05, 0) is 36.6 Å². The van der Waals surface area contributed by atoms with Crippen molar-refractivity contribution in [2.75, 3.05) is 6.61 Å². The van der Waals surface area contributed by atoms with Gasteiger partial charge in [-0.25, -0.2) is 0 Å². The summed E-state index contributed by atoms with van der Waals surface area (Å²) in [6, 6.07) is 6.90. The van der Waals surface area contributed by atoms with E-state index >= 15 is 0 Å². The predicted octanol–water partition coefficient (Wildman–Crippen LogP) is 4.25. The first-order valence-corrected chi connectivity index (χ1v) is 5.53. The molecule has 0 atom stereocenters. The van der Waals surface area contributed by atoms with Crippen LogP contribution in [0.1, 0.15) is 6.92 Å². The first kappa shape index (κ1) is 13.0. The summed E-state index contributed by atoms with van der Waals surface area (Å²) in [5.74, 6) is 0.714. The van der Waals surface area contributed by atoms with Crippen LogP contribution in [0.5, 0.6) is 5.75 Å². The molecule has 1 aromatic rings. The molecule has 0 unspecified atom stereocenters. The molecule has 1 aromatic carbocycles. The fourth-order valence-electron chi connectivity index (χ4n) is 0.971. The highest BCUT2D eigenvalue weighted by molar-refractivity contribution is 8.02. The molecular weight excluding hydrogens is 237 g/mol. The monoisotopic (exact) mass is 248 g/mol. The van der Waals surface area contributed by atoms with Crippen LogP contribution in [0.4, 0.5) is 13.2 Å². The van der Waals surface area contributed by atoms with E-state index in [4.69, 9.17) is 4.74 Å². The van der Waals surface area contributed by atoms with E-state index in [1.54, 1.807) is 24.3 Å². The third kappa shape index (κ3) is 5.11. The fraction of sp³-hybridized carbons (Fsp3) is 0.273. The molecule has 0 saturated heterocycles. The number of benzene rings is 1. The maximum absolute atomic E-state index is 11.8. The highest BCUT2D eigenvalue weighted by Gasteiger charge is 2.21. The van der Waals surface area contributed by atoms with Crippen molar-refractivity contribution in [2.45, 2.75) is 18.0 Å². The summed E-state index contributed by atoms with van der Waals surface area (Å²) in [5, 5.41) is 1.02. The summed E-state index contributed by atoms with van der Waals surface area (Å²) in [4.78, 5) is 0.740. The molecule has 88 valence electrons. The molecule has 1 rings (SSSR count). The molecular formula is C11H11F3OS. The van der Waals surface area contributed by atoms with Gasteiger partial charge in [0.25, 0.3) is 0 Å². The molecule has 0 amide bonds. The zero-order valence-electron chi connectivity index (χ0n) is 8.62. The van der Waals surface area contributed by atoms with Crippen LogP contribution in [0.15, 0.2) is 40.6 Å². The lowest BCUT2D eigenvalue weighted by Gasteiger charge is -2.03. The van der Waals surface area contributed by atoms with E-state index in [1.807, 2.05) is 6.92 Å². The summed E-state index contributed by atoms with van der Waals surface area (Å²) < 4.78 is 40.6. The van der Waals surface area contributed by atoms with Gasteiger partial charge < -0.3 is 4.74 Å². The van der Waals surface area contributed by atoms with E-state index in [0.717, 1.165) is 22.1 Å². The fourth-order valence-corrected chi connectivity index (χ4v) is 1.64. The van der Waals surface area contributed by atoms with Crippen LogP contribution in [0.25, 0.3) is 0 Å². The van der Waals surface area contributed by atoms with Crippen molar-refractivity contribution in [1.82, 2.24) is 0 Å². The lowest BCUT2D eigenvalue weighted by Crippen LogP contribution is -1.99. The summed E-state index contributed by atoms with van der Waals surface area (Å²) in [7, 11) is 0. The maximum Gasteiger partial charge on any atom is 0.410 e. The van der Waals surface area contributed by atoms with Crippen LogP contribution in [0.2, 0.25) is 0 Å². The number of allylic oxidation sites excluding steroid dienone is 1. The minimum atomic E-state index is -4.25. The second-order valence-electron chi connectivity index (χ2n) is 2.87. The summed E-state index contributed by atoms with van der Waals surface area (Å²) in [5.41, 5.74) is 0. The van der Waals surface area contributed by atoms with Crippen molar-refractivity contribution in [3.8, 4) is 5.75 Å². The quantitative estimate of drug-likeness (QED) is 0.736. The van der Waals surface area contributed by atoms with E-state index < -0.39 is 6.18 Å². The highest BCUT2D eigenvalue weighted by Crippen LogP contribution is 2.25. The second kappa shape index (κ2) is 5.84. The Labute approximate surface area is 96.3 Å². The molecule has 0 aliphatic rings. The van der Waals surface area contributed by atoms with Gasteiger partial charge >= 0.3 is 6.18 Å². The maximum atomic E-state index is 11.8. The topological polar surface area (TPSA) is 9.23 Å². The SMILES string of the molecule is CCOc1ccc(S/C=C/C(F)(F)F)cc1. The molecule has 0 N–H and O–H groups in total. The van der Waals surface area contributed by atoms with Gasteiger partial charge in [-0.1, -0.05) is 11.8 Å². The van der Waals surface area contributed by atoms with Crippen molar-refractivity contribution in [2.24, 2.45) is 0 Å². The minimum Gasteiger partial charge on any atom is -0.494 e. The Hall–Kier alpha value is -1.10. The Morgan fingerprint density at radius 3 is 2.38 bits per heavy atom. The number of hydrogen-bond acceptors (Lipinski definition) is 2. The Kier molecular flexibility index (Phi) is 4.73. The highest BCUT2D eigenvalue weighted by atomic mass is 32.2. The molecule has 0 fully saturated rings. The lowest BCUT2D eigenvalue weighted by molar-refractivity contribution is -0.0796. The summed E-state index contributed by atoms with van der Waals surface area (Å²) in [6.45, 7) is 2.44. The lowest BCUT2D eigenvalue weighted by atomic mass is 10.3. The van der Waals surface area contributed by atoms with Gasteiger partial charge in [-0.3, -0.25) is 0 Å². The molecule has 0 aliphatic carbocycles. The number of thioether (sulfide) groups is 1. The molecule has 0 bridgehead atoms. The zero-order chi connectivity index (χ0) is 12.0. The van der Waals surface area contributed by atoms with Crippen molar-refractivity contribution >= 4 is 11.8 Å². The average Bonchev–Trinajstić information content (AvgIpc) is 2.19. The number of alkyl halides is 3. The van der Waals surface area contributed by atoms with Crippen LogP contribution >= 0.6 is 11.8 Å². The smallest absolute Gasteiger partial charge is 0.410 e. The molecule has 0 saturated carbocycles. The van der Waals surface area contributed by atoms with Crippen molar-refractivity contribution in [3.05, 3.63) is 35.7 Å². The standard InChI is InChI=1S/C11H11F3OS/c1-2-15-9-3-5-10(6-4-9)16-8-7-11(12,13)14/h3-8H,2H2,1H3/b8-7+. The van der Waals surface area contributed by atoms with Crippen molar-refractivity contribution < 1.29 is 17.9 Å². The van der Waals surface area contributed by atoms with E-state index in [-0.39, 0.29) is 6.08 Å². The summed E-state index contributed by atoms with van der Waals surface area (Å²) >= 11 is 1.02. The molecule has 0 heterocycles. The predicted molar refractivity (Wildman–Crippen MR) is 58.7 cm³/mol. The normalized spacial score (nSPS) is 12.0. The molecule has 16 heavy (non-hydrogen) atoms. The molecule has 0 radical (unpaired) electrons. The minimum absolute atomic E-state index is 0.216. The molecule has 0 spiro atoms. The first-order chi connectivity index (χ1) is 7.51. The Bertz CT molecular complexity index is 343. The van der Waals surface area contributed by atoms with Crippen LogP contribution in [0.3, 0.4) is 0 Å². The number of ether oxygens (including phenoxy) is 1. The van der Waals surface area contributed by atoms with Gasteiger partial charge in [0.15, 0.2) is 0 Å². The van der Waals surface area contributed by atoms with Crippen LogP contribution in [-0.2, 0) is 0 Å². The second-order valence-corrected chi connectivity index (χ2v) is 3.85.